The van der Waals surface area contributed by atoms with Gasteiger partial charge in [0.15, 0.2) is 11.5 Å². The zero-order valence-corrected chi connectivity index (χ0v) is 21.4. The Hall–Kier alpha value is -3.77. The van der Waals surface area contributed by atoms with Gasteiger partial charge in [0.25, 0.3) is 5.91 Å². The monoisotopic (exact) mass is 544 g/mol. The molecule has 1 aromatic heterocycles. The molecule has 2 N–H and O–H groups in total. The summed E-state index contributed by atoms with van der Waals surface area (Å²) in [5.41, 5.74) is 2.12. The first kappa shape index (κ1) is 26.8. The summed E-state index contributed by atoms with van der Waals surface area (Å²) in [6, 6.07) is 15.3. The van der Waals surface area contributed by atoms with Crippen molar-refractivity contribution in [2.24, 2.45) is 0 Å². The first-order chi connectivity index (χ1) is 18.9. The Labute approximate surface area is 224 Å². The fourth-order valence-electron chi connectivity index (χ4n) is 4.73. The van der Waals surface area contributed by atoms with Crippen LogP contribution in [-0.4, -0.2) is 84.1 Å². The van der Waals surface area contributed by atoms with Crippen LogP contribution >= 0.6 is 0 Å². The molecule has 0 aliphatic carbocycles. The van der Waals surface area contributed by atoms with Gasteiger partial charge >= 0.3 is 6.36 Å². The minimum Gasteiger partial charge on any atom is -0.406 e. The van der Waals surface area contributed by atoms with E-state index in [0.29, 0.717) is 62.4 Å². The molecule has 1 fully saturated rings. The lowest BCUT2D eigenvalue weighted by Crippen LogP contribution is -2.44. The van der Waals surface area contributed by atoms with E-state index in [1.165, 1.54) is 24.3 Å². The number of hydrogen-bond donors (Lipinski definition) is 2. The van der Waals surface area contributed by atoms with Crippen LogP contribution in [0.1, 0.15) is 21.9 Å². The van der Waals surface area contributed by atoms with E-state index >= 15 is 0 Å². The van der Waals surface area contributed by atoms with Gasteiger partial charge < -0.3 is 29.6 Å². The highest BCUT2D eigenvalue weighted by atomic mass is 19.4. The van der Waals surface area contributed by atoms with Gasteiger partial charge in [-0.1, -0.05) is 30.3 Å². The average Bonchev–Trinajstić information content (AvgIpc) is 3.18. The van der Waals surface area contributed by atoms with Gasteiger partial charge in [-0.2, -0.15) is 0 Å². The van der Waals surface area contributed by atoms with E-state index in [-0.39, 0.29) is 18.2 Å². The first-order valence-corrected chi connectivity index (χ1v) is 12.9. The molecule has 12 heteroatoms. The van der Waals surface area contributed by atoms with E-state index in [2.05, 4.69) is 20.3 Å². The Bertz CT molecular complexity index is 1240. The lowest BCUT2D eigenvalue weighted by atomic mass is 10.2. The van der Waals surface area contributed by atoms with Gasteiger partial charge in [0.05, 0.1) is 19.8 Å². The first-order valence-electron chi connectivity index (χ1n) is 12.9. The standard InChI is InChI=1S/C27H31F3N6O3/c28-27(29,30)39-22-8-6-21(7-9-22)32-18-23-33-25-24(36(23)19-20-4-2-1-3-5-20)26(37)35(11-10-31-25)13-12-34-14-16-38-17-15-34/h1-9,31-32H,10-19H2. The number of alkyl halides is 3. The normalized spacial score (nSPS) is 16.4. The molecule has 0 atom stereocenters. The van der Waals surface area contributed by atoms with Crippen molar-refractivity contribution in [3.63, 3.8) is 0 Å². The molecule has 2 aromatic carbocycles. The summed E-state index contributed by atoms with van der Waals surface area (Å²) < 4.78 is 48.8. The van der Waals surface area contributed by atoms with Crippen LogP contribution in [0.3, 0.4) is 0 Å². The molecule has 3 aromatic rings. The molecule has 39 heavy (non-hydrogen) atoms. The number of fused-ring (bicyclic) bond motifs is 1. The smallest absolute Gasteiger partial charge is 0.406 e. The number of amides is 1. The van der Waals surface area contributed by atoms with Crippen LogP contribution in [0.15, 0.2) is 54.6 Å². The molecule has 9 nitrogen and oxygen atoms in total. The maximum absolute atomic E-state index is 13.8. The molecule has 2 aliphatic heterocycles. The van der Waals surface area contributed by atoms with Crippen LogP contribution in [0.5, 0.6) is 5.75 Å². The Morgan fingerprint density at radius 1 is 1.00 bits per heavy atom. The topological polar surface area (TPSA) is 83.9 Å². The van der Waals surface area contributed by atoms with Crippen LogP contribution in [-0.2, 0) is 17.8 Å². The average molecular weight is 545 g/mol. The van der Waals surface area contributed by atoms with Crippen LogP contribution in [0, 0.1) is 0 Å². The zero-order valence-electron chi connectivity index (χ0n) is 21.4. The predicted molar refractivity (Wildman–Crippen MR) is 140 cm³/mol. The second kappa shape index (κ2) is 12.0. The van der Waals surface area contributed by atoms with Crippen LogP contribution in [0.4, 0.5) is 24.7 Å². The van der Waals surface area contributed by atoms with Crippen molar-refractivity contribution in [1.82, 2.24) is 19.4 Å². The highest BCUT2D eigenvalue weighted by Crippen LogP contribution is 2.26. The second-order valence-corrected chi connectivity index (χ2v) is 9.40. The minimum absolute atomic E-state index is 0.0772. The molecule has 0 saturated carbocycles. The maximum Gasteiger partial charge on any atom is 0.573 e. The summed E-state index contributed by atoms with van der Waals surface area (Å²) in [7, 11) is 0. The molecular formula is C27H31F3N6O3. The number of carbonyl (C=O) groups is 1. The van der Waals surface area contributed by atoms with Gasteiger partial charge in [0, 0.05) is 51.5 Å². The van der Waals surface area contributed by atoms with E-state index in [0.717, 1.165) is 25.2 Å². The van der Waals surface area contributed by atoms with E-state index in [9.17, 15) is 18.0 Å². The number of carbonyl (C=O) groups excluding carboxylic acids is 1. The number of ether oxygens (including phenoxy) is 2. The van der Waals surface area contributed by atoms with Gasteiger partial charge in [0.1, 0.15) is 11.6 Å². The highest BCUT2D eigenvalue weighted by Gasteiger charge is 2.31. The van der Waals surface area contributed by atoms with Gasteiger partial charge in [-0.25, -0.2) is 4.98 Å². The number of halogens is 3. The Kier molecular flexibility index (Phi) is 8.22. The SMILES string of the molecule is O=C1c2c(nc(CNc3ccc(OC(F)(F)F)cc3)n2Cc2ccccc2)NCCN1CCN1CCOCC1. The van der Waals surface area contributed by atoms with Gasteiger partial charge in [-0.3, -0.25) is 9.69 Å². The minimum atomic E-state index is -4.75. The summed E-state index contributed by atoms with van der Waals surface area (Å²) in [5, 5.41) is 6.52. The van der Waals surface area contributed by atoms with Crippen molar-refractivity contribution in [1.29, 1.82) is 0 Å². The van der Waals surface area contributed by atoms with Crippen LogP contribution in [0.2, 0.25) is 0 Å². The van der Waals surface area contributed by atoms with E-state index in [1.807, 2.05) is 39.8 Å². The molecule has 2 aliphatic rings. The van der Waals surface area contributed by atoms with Crippen molar-refractivity contribution in [2.75, 3.05) is 63.1 Å². The number of benzene rings is 2. The Morgan fingerprint density at radius 3 is 2.46 bits per heavy atom. The quantitative estimate of drug-likeness (QED) is 0.426. The number of nitrogens with zero attached hydrogens (tertiary/aromatic N) is 4. The molecular weight excluding hydrogens is 513 g/mol. The molecule has 0 bridgehead atoms. The van der Waals surface area contributed by atoms with Crippen molar-refractivity contribution in [2.45, 2.75) is 19.5 Å². The van der Waals surface area contributed by atoms with Gasteiger partial charge in [-0.05, 0) is 29.8 Å². The van der Waals surface area contributed by atoms with Crippen LogP contribution < -0.4 is 15.4 Å². The van der Waals surface area contributed by atoms with Crippen molar-refractivity contribution in [3.8, 4) is 5.75 Å². The number of nitrogens with one attached hydrogen (secondary N) is 2. The summed E-state index contributed by atoms with van der Waals surface area (Å²) in [5.74, 6) is 0.801. The largest absolute Gasteiger partial charge is 0.573 e. The number of imidazole rings is 1. The molecule has 0 radical (unpaired) electrons. The summed E-state index contributed by atoms with van der Waals surface area (Å²) in [4.78, 5) is 22.8. The number of aromatic nitrogens is 2. The third-order valence-corrected chi connectivity index (χ3v) is 6.72. The summed E-state index contributed by atoms with van der Waals surface area (Å²) in [6.45, 7) is 6.38. The zero-order chi connectivity index (χ0) is 27.2. The third kappa shape index (κ3) is 7.01. The molecule has 208 valence electrons. The van der Waals surface area contributed by atoms with E-state index in [1.54, 1.807) is 0 Å². The predicted octanol–water partition coefficient (Wildman–Crippen LogP) is 3.64. The van der Waals surface area contributed by atoms with Gasteiger partial charge in [0.2, 0.25) is 0 Å². The number of anilines is 2. The third-order valence-electron chi connectivity index (χ3n) is 6.72. The fourth-order valence-corrected chi connectivity index (χ4v) is 4.73. The summed E-state index contributed by atoms with van der Waals surface area (Å²) >= 11 is 0. The molecule has 1 amide bonds. The lowest BCUT2D eigenvalue weighted by molar-refractivity contribution is -0.274. The Morgan fingerprint density at radius 2 is 1.74 bits per heavy atom. The van der Waals surface area contributed by atoms with E-state index in [4.69, 9.17) is 9.72 Å². The number of hydrogen-bond acceptors (Lipinski definition) is 7. The van der Waals surface area contributed by atoms with Gasteiger partial charge in [-0.15, -0.1) is 13.2 Å². The molecule has 0 unspecified atom stereocenters. The molecule has 3 heterocycles. The van der Waals surface area contributed by atoms with Crippen molar-refractivity contribution < 1.29 is 27.4 Å². The number of morpholine rings is 1. The number of rotatable bonds is 9. The fraction of sp³-hybridized carbons (Fsp3) is 0.407. The second-order valence-electron chi connectivity index (χ2n) is 9.40. The maximum atomic E-state index is 13.8. The molecule has 0 spiro atoms. The Balaban J connectivity index is 1.36. The van der Waals surface area contributed by atoms with E-state index < -0.39 is 6.36 Å². The lowest BCUT2D eigenvalue weighted by Gasteiger charge is -2.29. The molecule has 5 rings (SSSR count). The van der Waals surface area contributed by atoms with Crippen molar-refractivity contribution in [3.05, 3.63) is 71.7 Å². The summed E-state index contributed by atoms with van der Waals surface area (Å²) in [6.07, 6.45) is -4.75. The van der Waals surface area contributed by atoms with Crippen molar-refractivity contribution >= 4 is 17.4 Å². The van der Waals surface area contributed by atoms with Crippen LogP contribution in [0.25, 0.3) is 0 Å². The highest BCUT2D eigenvalue weighted by molar-refractivity contribution is 5.98. The molecule has 1 saturated heterocycles.